The molecule has 1 aliphatic carbocycles. The number of aromatic carboxylic acids is 1. The first-order valence-corrected chi connectivity index (χ1v) is 5.60. The van der Waals surface area contributed by atoms with Gasteiger partial charge in [-0.1, -0.05) is 0 Å². The van der Waals surface area contributed by atoms with Crippen LogP contribution in [0.15, 0.2) is 12.1 Å². The topological polar surface area (TPSA) is 66.4 Å². The summed E-state index contributed by atoms with van der Waals surface area (Å²) in [5.41, 5.74) is 0. The molecule has 1 saturated carbocycles. The van der Waals surface area contributed by atoms with E-state index in [-0.39, 0.29) is 10.8 Å². The number of carboxylic acid groups (broad SMARTS) is 1. The summed E-state index contributed by atoms with van der Waals surface area (Å²) >= 11 is 1.09. The van der Waals surface area contributed by atoms with Crippen molar-refractivity contribution in [2.24, 2.45) is 5.92 Å². The zero-order chi connectivity index (χ0) is 10.8. The lowest BCUT2D eigenvalue weighted by Gasteiger charge is -1.99. The molecule has 0 atom stereocenters. The van der Waals surface area contributed by atoms with Gasteiger partial charge >= 0.3 is 5.97 Å². The first-order valence-electron chi connectivity index (χ1n) is 4.78. The Morgan fingerprint density at radius 1 is 1.47 bits per heavy atom. The van der Waals surface area contributed by atoms with E-state index in [0.29, 0.717) is 17.3 Å². The van der Waals surface area contributed by atoms with E-state index < -0.39 is 5.97 Å². The summed E-state index contributed by atoms with van der Waals surface area (Å²) in [5.74, 6) is -0.428. The molecule has 2 rings (SSSR count). The first-order chi connectivity index (χ1) is 7.15. The zero-order valence-corrected chi connectivity index (χ0v) is 8.84. The fraction of sp³-hybridized carbons (Fsp3) is 0.400. The molecule has 1 aromatic rings. The van der Waals surface area contributed by atoms with Gasteiger partial charge in [0.2, 0.25) is 5.91 Å². The van der Waals surface area contributed by atoms with Gasteiger partial charge in [0.15, 0.2) is 0 Å². The Morgan fingerprint density at radius 3 is 2.73 bits per heavy atom. The molecule has 1 heterocycles. The molecule has 1 fully saturated rings. The maximum atomic E-state index is 11.4. The second-order valence-corrected chi connectivity index (χ2v) is 4.75. The Kier molecular flexibility index (Phi) is 2.73. The quantitative estimate of drug-likeness (QED) is 0.825. The van der Waals surface area contributed by atoms with Crippen LogP contribution in [0.25, 0.3) is 0 Å². The molecule has 0 spiro atoms. The number of carbonyl (C=O) groups is 2. The first kappa shape index (κ1) is 10.2. The van der Waals surface area contributed by atoms with Crippen molar-refractivity contribution in [1.82, 2.24) is 0 Å². The molecule has 0 unspecified atom stereocenters. The number of nitrogens with one attached hydrogen (secondary N) is 1. The zero-order valence-electron chi connectivity index (χ0n) is 8.03. The fourth-order valence-corrected chi connectivity index (χ4v) is 2.05. The maximum absolute atomic E-state index is 11.4. The van der Waals surface area contributed by atoms with E-state index in [4.69, 9.17) is 5.11 Å². The number of anilines is 1. The van der Waals surface area contributed by atoms with Gasteiger partial charge in [-0.2, -0.15) is 0 Å². The largest absolute Gasteiger partial charge is 0.477 e. The van der Waals surface area contributed by atoms with Crippen LogP contribution in [-0.2, 0) is 4.79 Å². The lowest BCUT2D eigenvalue weighted by molar-refractivity contribution is -0.116. The fourth-order valence-electron chi connectivity index (χ4n) is 1.29. The van der Waals surface area contributed by atoms with E-state index in [1.54, 1.807) is 6.07 Å². The maximum Gasteiger partial charge on any atom is 0.345 e. The van der Waals surface area contributed by atoms with Gasteiger partial charge in [-0.15, -0.1) is 11.3 Å². The van der Waals surface area contributed by atoms with E-state index in [1.807, 2.05) is 0 Å². The molecule has 5 heteroatoms. The van der Waals surface area contributed by atoms with Crippen LogP contribution in [0.1, 0.15) is 28.9 Å². The third-order valence-electron chi connectivity index (χ3n) is 2.25. The Balaban J connectivity index is 1.91. The summed E-state index contributed by atoms with van der Waals surface area (Å²) < 4.78 is 0. The van der Waals surface area contributed by atoms with E-state index in [1.165, 1.54) is 6.07 Å². The van der Waals surface area contributed by atoms with E-state index >= 15 is 0 Å². The van der Waals surface area contributed by atoms with Crippen molar-refractivity contribution in [2.45, 2.75) is 19.3 Å². The van der Waals surface area contributed by atoms with Gasteiger partial charge in [-0.25, -0.2) is 4.79 Å². The summed E-state index contributed by atoms with van der Waals surface area (Å²) in [6, 6.07) is 3.12. The van der Waals surface area contributed by atoms with Crippen LogP contribution in [0.5, 0.6) is 0 Å². The third kappa shape index (κ3) is 2.79. The number of thiophene rings is 1. The molecule has 0 saturated heterocycles. The van der Waals surface area contributed by atoms with E-state index in [0.717, 1.165) is 24.2 Å². The smallest absolute Gasteiger partial charge is 0.345 e. The van der Waals surface area contributed by atoms with Crippen LogP contribution < -0.4 is 5.32 Å². The highest BCUT2D eigenvalue weighted by Crippen LogP contribution is 2.33. The second-order valence-electron chi connectivity index (χ2n) is 3.66. The lowest BCUT2D eigenvalue weighted by atomic mass is 10.3. The average Bonchev–Trinajstić information content (AvgIpc) is 2.82. The number of rotatable bonds is 4. The minimum Gasteiger partial charge on any atom is -0.477 e. The van der Waals surface area contributed by atoms with Gasteiger partial charge in [-0.05, 0) is 30.9 Å². The van der Waals surface area contributed by atoms with Crippen LogP contribution in [0.3, 0.4) is 0 Å². The summed E-state index contributed by atoms with van der Waals surface area (Å²) in [4.78, 5) is 22.2. The molecule has 0 aromatic carbocycles. The number of carboxylic acids is 1. The Morgan fingerprint density at radius 2 is 2.20 bits per heavy atom. The van der Waals surface area contributed by atoms with Crippen LogP contribution in [-0.4, -0.2) is 17.0 Å². The molecule has 0 radical (unpaired) electrons. The SMILES string of the molecule is O=C(CC1CC1)Nc1ccc(C(=O)O)s1. The summed E-state index contributed by atoms with van der Waals surface area (Å²) in [6.07, 6.45) is 2.83. The van der Waals surface area contributed by atoms with Gasteiger partial charge in [0.05, 0.1) is 5.00 Å². The number of hydrogen-bond donors (Lipinski definition) is 2. The van der Waals surface area contributed by atoms with Crippen LogP contribution in [0.2, 0.25) is 0 Å². The van der Waals surface area contributed by atoms with Gasteiger partial charge in [0.1, 0.15) is 4.88 Å². The molecule has 1 amide bonds. The Bertz CT molecular complexity index is 395. The van der Waals surface area contributed by atoms with Gasteiger partial charge < -0.3 is 10.4 Å². The molecular formula is C10H11NO3S. The van der Waals surface area contributed by atoms with Crippen LogP contribution in [0, 0.1) is 5.92 Å². The summed E-state index contributed by atoms with van der Waals surface area (Å²) in [5, 5.41) is 12.0. The Hall–Kier alpha value is -1.36. The number of hydrogen-bond acceptors (Lipinski definition) is 3. The minimum absolute atomic E-state index is 0.0173. The van der Waals surface area contributed by atoms with E-state index in [9.17, 15) is 9.59 Å². The third-order valence-corrected chi connectivity index (χ3v) is 3.24. The van der Waals surface area contributed by atoms with Crippen LogP contribution >= 0.6 is 11.3 Å². The predicted molar refractivity (Wildman–Crippen MR) is 57.2 cm³/mol. The van der Waals surface area contributed by atoms with Crippen molar-refractivity contribution in [3.8, 4) is 0 Å². The highest BCUT2D eigenvalue weighted by atomic mass is 32.1. The number of carbonyl (C=O) groups excluding carboxylic acids is 1. The second kappa shape index (κ2) is 4.02. The monoisotopic (exact) mass is 225 g/mol. The highest BCUT2D eigenvalue weighted by molar-refractivity contribution is 7.18. The standard InChI is InChI=1S/C10H11NO3S/c12-8(5-6-1-2-6)11-9-4-3-7(15-9)10(13)14/h3-4,6H,1-2,5H2,(H,11,12)(H,13,14). The van der Waals surface area contributed by atoms with Crippen molar-refractivity contribution in [3.63, 3.8) is 0 Å². The lowest BCUT2D eigenvalue weighted by Crippen LogP contribution is -2.10. The molecule has 1 aromatic heterocycles. The van der Waals surface area contributed by atoms with E-state index in [2.05, 4.69) is 5.32 Å². The Labute approximate surface area is 90.9 Å². The van der Waals surface area contributed by atoms with Crippen molar-refractivity contribution in [3.05, 3.63) is 17.0 Å². The van der Waals surface area contributed by atoms with Gasteiger partial charge in [0.25, 0.3) is 0 Å². The molecular weight excluding hydrogens is 214 g/mol. The molecule has 80 valence electrons. The van der Waals surface area contributed by atoms with Crippen molar-refractivity contribution in [2.75, 3.05) is 5.32 Å². The molecule has 0 aliphatic heterocycles. The molecule has 15 heavy (non-hydrogen) atoms. The highest BCUT2D eigenvalue weighted by Gasteiger charge is 2.24. The minimum atomic E-state index is -0.956. The van der Waals surface area contributed by atoms with Crippen molar-refractivity contribution in [1.29, 1.82) is 0 Å². The summed E-state index contributed by atoms with van der Waals surface area (Å²) in [7, 11) is 0. The molecule has 0 bridgehead atoms. The molecule has 2 N–H and O–H groups in total. The van der Waals surface area contributed by atoms with Crippen LogP contribution in [0.4, 0.5) is 5.00 Å². The van der Waals surface area contributed by atoms with Crippen molar-refractivity contribution < 1.29 is 14.7 Å². The number of amides is 1. The van der Waals surface area contributed by atoms with Crippen molar-refractivity contribution >= 4 is 28.2 Å². The molecule has 1 aliphatic rings. The summed E-state index contributed by atoms with van der Waals surface area (Å²) in [6.45, 7) is 0. The normalized spacial score (nSPS) is 14.9. The van der Waals surface area contributed by atoms with Gasteiger partial charge in [0, 0.05) is 6.42 Å². The average molecular weight is 225 g/mol. The predicted octanol–water partition coefficient (Wildman–Crippen LogP) is 2.18. The molecule has 4 nitrogen and oxygen atoms in total. The van der Waals surface area contributed by atoms with Gasteiger partial charge in [-0.3, -0.25) is 4.79 Å².